The molecule has 2 aromatic carbocycles. The van der Waals surface area contributed by atoms with Crippen molar-refractivity contribution in [2.75, 3.05) is 14.2 Å². The molecule has 0 spiro atoms. The molecule has 0 fully saturated rings. The fourth-order valence-corrected chi connectivity index (χ4v) is 3.03. The molecule has 3 aromatic rings. The van der Waals surface area contributed by atoms with Gasteiger partial charge in [0.25, 0.3) is 11.1 Å². The molecule has 0 amide bonds. The lowest BCUT2D eigenvalue weighted by Crippen LogP contribution is -2.56. The van der Waals surface area contributed by atoms with Crippen LogP contribution in [-0.2, 0) is 14.1 Å². The van der Waals surface area contributed by atoms with Crippen LogP contribution < -0.4 is 31.3 Å². The Kier molecular flexibility index (Phi) is 5.49. The Morgan fingerprint density at radius 1 is 0.679 bits per heavy atom. The SMILES string of the molecule is COc1ccccc1/C=c1/c(=O)n(C)/c(=C\c2ccccc2OC)c(=O)n1C. The summed E-state index contributed by atoms with van der Waals surface area (Å²) < 4.78 is 13.4. The third-order valence-corrected chi connectivity index (χ3v) is 4.63. The molecule has 1 aromatic heterocycles. The van der Waals surface area contributed by atoms with Gasteiger partial charge in [-0.15, -0.1) is 0 Å². The van der Waals surface area contributed by atoms with Crippen LogP contribution in [-0.4, -0.2) is 23.4 Å². The van der Waals surface area contributed by atoms with E-state index in [-0.39, 0.29) is 21.8 Å². The largest absolute Gasteiger partial charge is 0.496 e. The van der Waals surface area contributed by atoms with Crippen molar-refractivity contribution in [1.82, 2.24) is 9.13 Å². The summed E-state index contributed by atoms with van der Waals surface area (Å²) >= 11 is 0. The molecule has 0 saturated heterocycles. The van der Waals surface area contributed by atoms with E-state index in [1.54, 1.807) is 52.6 Å². The number of hydrogen-bond acceptors (Lipinski definition) is 4. The van der Waals surface area contributed by atoms with E-state index in [0.717, 1.165) is 11.1 Å². The van der Waals surface area contributed by atoms with E-state index in [9.17, 15) is 9.59 Å². The van der Waals surface area contributed by atoms with Crippen LogP contribution in [0, 0.1) is 0 Å². The highest BCUT2D eigenvalue weighted by molar-refractivity contribution is 5.57. The fourth-order valence-electron chi connectivity index (χ4n) is 3.03. The number of hydrogen-bond donors (Lipinski definition) is 0. The van der Waals surface area contributed by atoms with Crippen LogP contribution in [0.1, 0.15) is 11.1 Å². The third-order valence-electron chi connectivity index (χ3n) is 4.63. The molecule has 0 bridgehead atoms. The van der Waals surface area contributed by atoms with Crippen molar-refractivity contribution in [3.8, 4) is 11.5 Å². The third kappa shape index (κ3) is 3.49. The predicted octanol–water partition coefficient (Wildman–Crippen LogP) is 0.759. The number of para-hydroxylation sites is 2. The lowest BCUT2D eigenvalue weighted by atomic mass is 10.1. The smallest absolute Gasteiger partial charge is 0.274 e. The van der Waals surface area contributed by atoms with Crippen LogP contribution in [0.15, 0.2) is 58.1 Å². The monoisotopic (exact) mass is 378 g/mol. The highest BCUT2D eigenvalue weighted by atomic mass is 16.5. The van der Waals surface area contributed by atoms with Gasteiger partial charge in [-0.3, -0.25) is 9.59 Å². The fraction of sp³-hybridized carbons (Fsp3) is 0.182. The number of nitrogens with zero attached hydrogens (tertiary/aromatic N) is 2. The Balaban J connectivity index is 2.33. The van der Waals surface area contributed by atoms with Crippen molar-refractivity contribution in [3.05, 3.63) is 91.1 Å². The molecule has 144 valence electrons. The van der Waals surface area contributed by atoms with Gasteiger partial charge < -0.3 is 18.6 Å². The van der Waals surface area contributed by atoms with E-state index in [0.29, 0.717) is 11.5 Å². The van der Waals surface area contributed by atoms with Gasteiger partial charge in [-0.25, -0.2) is 0 Å². The van der Waals surface area contributed by atoms with Crippen molar-refractivity contribution in [3.63, 3.8) is 0 Å². The topological polar surface area (TPSA) is 62.5 Å². The van der Waals surface area contributed by atoms with Crippen LogP contribution in [0.4, 0.5) is 0 Å². The maximum absolute atomic E-state index is 13.0. The molecule has 0 N–H and O–H groups in total. The van der Waals surface area contributed by atoms with E-state index in [4.69, 9.17) is 9.47 Å². The second-order valence-corrected chi connectivity index (χ2v) is 6.27. The quantitative estimate of drug-likeness (QED) is 0.673. The van der Waals surface area contributed by atoms with Crippen molar-refractivity contribution in [2.24, 2.45) is 14.1 Å². The molecule has 0 saturated carbocycles. The summed E-state index contributed by atoms with van der Waals surface area (Å²) in [5.74, 6) is 1.25. The van der Waals surface area contributed by atoms with Crippen LogP contribution in [0.3, 0.4) is 0 Å². The zero-order valence-corrected chi connectivity index (χ0v) is 16.3. The van der Waals surface area contributed by atoms with Gasteiger partial charge in [0, 0.05) is 25.2 Å². The van der Waals surface area contributed by atoms with Gasteiger partial charge in [-0.05, 0) is 24.3 Å². The molecule has 0 aliphatic carbocycles. The van der Waals surface area contributed by atoms with Gasteiger partial charge in [-0.2, -0.15) is 0 Å². The van der Waals surface area contributed by atoms with Crippen LogP contribution in [0.25, 0.3) is 12.2 Å². The normalized spacial score (nSPS) is 12.3. The summed E-state index contributed by atoms with van der Waals surface area (Å²) in [4.78, 5) is 26.0. The first-order valence-corrected chi connectivity index (χ1v) is 8.73. The first-order valence-electron chi connectivity index (χ1n) is 8.73. The molecule has 0 atom stereocenters. The molecule has 28 heavy (non-hydrogen) atoms. The molecule has 6 nitrogen and oxygen atoms in total. The Morgan fingerprint density at radius 3 is 1.39 bits per heavy atom. The van der Waals surface area contributed by atoms with Gasteiger partial charge in [0.1, 0.15) is 22.2 Å². The lowest BCUT2D eigenvalue weighted by molar-refractivity contribution is 0.413. The van der Waals surface area contributed by atoms with E-state index < -0.39 is 0 Å². The molecule has 0 radical (unpaired) electrons. The highest BCUT2D eigenvalue weighted by Crippen LogP contribution is 2.18. The van der Waals surface area contributed by atoms with Gasteiger partial charge in [0.05, 0.1) is 14.2 Å². The summed E-state index contributed by atoms with van der Waals surface area (Å²) in [6.45, 7) is 0. The Morgan fingerprint density at radius 2 is 1.04 bits per heavy atom. The van der Waals surface area contributed by atoms with Gasteiger partial charge in [0.15, 0.2) is 0 Å². The van der Waals surface area contributed by atoms with E-state index in [2.05, 4.69) is 0 Å². The van der Waals surface area contributed by atoms with Crippen molar-refractivity contribution in [2.45, 2.75) is 0 Å². The lowest BCUT2D eigenvalue weighted by Gasteiger charge is -2.08. The summed E-state index contributed by atoms with van der Waals surface area (Å²) in [6.07, 6.45) is 3.32. The minimum atomic E-state index is -0.283. The van der Waals surface area contributed by atoms with Crippen molar-refractivity contribution in [1.29, 1.82) is 0 Å². The molecule has 0 aliphatic rings. The van der Waals surface area contributed by atoms with Gasteiger partial charge in [-0.1, -0.05) is 36.4 Å². The average molecular weight is 378 g/mol. The number of methoxy groups -OCH3 is 2. The van der Waals surface area contributed by atoms with E-state index in [1.165, 1.54) is 9.13 Å². The Bertz CT molecular complexity index is 1150. The molecule has 1 heterocycles. The number of ether oxygens (including phenoxy) is 2. The molecule has 3 rings (SSSR count). The van der Waals surface area contributed by atoms with Gasteiger partial charge >= 0.3 is 0 Å². The van der Waals surface area contributed by atoms with Gasteiger partial charge in [0.2, 0.25) is 0 Å². The second kappa shape index (κ2) is 8.00. The highest BCUT2D eigenvalue weighted by Gasteiger charge is 2.08. The maximum atomic E-state index is 13.0. The predicted molar refractivity (Wildman–Crippen MR) is 109 cm³/mol. The molecule has 0 unspecified atom stereocenters. The number of rotatable bonds is 4. The average Bonchev–Trinajstić information content (AvgIpc) is 2.73. The molecular weight excluding hydrogens is 356 g/mol. The summed E-state index contributed by atoms with van der Waals surface area (Å²) in [5.41, 5.74) is 0.875. The van der Waals surface area contributed by atoms with Crippen LogP contribution in [0.5, 0.6) is 11.5 Å². The summed E-state index contributed by atoms with van der Waals surface area (Å²) in [6, 6.07) is 14.7. The molecule has 6 heteroatoms. The Labute approximate surface area is 162 Å². The van der Waals surface area contributed by atoms with Crippen LogP contribution in [0.2, 0.25) is 0 Å². The maximum Gasteiger partial charge on any atom is 0.274 e. The minimum Gasteiger partial charge on any atom is -0.496 e. The first kappa shape index (κ1) is 19.2. The van der Waals surface area contributed by atoms with Crippen molar-refractivity contribution < 1.29 is 9.47 Å². The van der Waals surface area contributed by atoms with Crippen molar-refractivity contribution >= 4 is 12.2 Å². The number of aromatic nitrogens is 2. The standard InChI is InChI=1S/C22H22N2O4/c1-23-17(13-15-9-5-7-11-19(15)27-3)22(26)24(2)18(21(23)25)14-16-10-6-8-12-20(16)28-4/h5-14H,1-4H3/b17-13-,18-14-. The molecular formula is C22H22N2O4. The van der Waals surface area contributed by atoms with E-state index in [1.807, 2.05) is 36.4 Å². The molecule has 0 aliphatic heterocycles. The summed E-state index contributed by atoms with van der Waals surface area (Å²) in [5, 5.41) is 0.545. The summed E-state index contributed by atoms with van der Waals surface area (Å²) in [7, 11) is 6.30. The minimum absolute atomic E-state index is 0.272. The second-order valence-electron chi connectivity index (χ2n) is 6.27. The number of benzene rings is 2. The van der Waals surface area contributed by atoms with E-state index >= 15 is 0 Å². The first-order chi connectivity index (χ1) is 13.5. The zero-order chi connectivity index (χ0) is 20.3. The zero-order valence-electron chi connectivity index (χ0n) is 16.3. The Hall–Kier alpha value is -3.54. The van der Waals surface area contributed by atoms with Crippen LogP contribution >= 0.6 is 0 Å².